The lowest BCUT2D eigenvalue weighted by Crippen LogP contribution is -2.38. The molecule has 0 bridgehead atoms. The molecule has 35 heavy (non-hydrogen) atoms. The molecule has 2 saturated heterocycles. The van der Waals surface area contributed by atoms with E-state index in [2.05, 4.69) is 20.8 Å². The molecular formula is C27H31BrN2O5. The fourth-order valence-electron chi connectivity index (χ4n) is 4.70. The molecule has 186 valence electrons. The Balaban J connectivity index is 1.68. The van der Waals surface area contributed by atoms with Crippen molar-refractivity contribution in [3.63, 3.8) is 0 Å². The minimum Gasteiger partial charge on any atom is -0.507 e. The highest BCUT2D eigenvalue weighted by atomic mass is 79.9. The van der Waals surface area contributed by atoms with Crippen molar-refractivity contribution in [1.82, 2.24) is 9.80 Å². The first kappa shape index (κ1) is 25.4. The van der Waals surface area contributed by atoms with Crippen LogP contribution in [0.3, 0.4) is 0 Å². The number of halogens is 1. The number of amides is 1. The fourth-order valence-corrected chi connectivity index (χ4v) is 4.96. The molecule has 0 radical (unpaired) electrons. The maximum Gasteiger partial charge on any atom is 0.295 e. The maximum absolute atomic E-state index is 13.3. The molecule has 1 N–H and O–H groups in total. The van der Waals surface area contributed by atoms with Crippen LogP contribution in [0.4, 0.5) is 0 Å². The molecule has 1 amide bonds. The van der Waals surface area contributed by atoms with Crippen molar-refractivity contribution in [2.45, 2.75) is 26.3 Å². The van der Waals surface area contributed by atoms with Gasteiger partial charge in [0.2, 0.25) is 0 Å². The Hall–Kier alpha value is -2.68. The average Bonchev–Trinajstić information content (AvgIpc) is 3.10. The van der Waals surface area contributed by atoms with Crippen LogP contribution in [-0.2, 0) is 14.3 Å². The third-order valence-corrected chi connectivity index (χ3v) is 7.00. The number of Topliss-reactive ketones (excluding diaryl/α,β-unsaturated/α-hetero) is 1. The maximum atomic E-state index is 13.3. The summed E-state index contributed by atoms with van der Waals surface area (Å²) < 4.78 is 11.9. The van der Waals surface area contributed by atoms with E-state index in [1.165, 1.54) is 0 Å². The molecule has 0 unspecified atom stereocenters. The van der Waals surface area contributed by atoms with Crippen LogP contribution >= 0.6 is 15.9 Å². The lowest BCUT2D eigenvalue weighted by molar-refractivity contribution is -0.140. The second-order valence-electron chi connectivity index (χ2n) is 8.76. The van der Waals surface area contributed by atoms with E-state index in [1.54, 1.807) is 17.0 Å². The predicted molar refractivity (Wildman–Crippen MR) is 137 cm³/mol. The average molecular weight is 543 g/mol. The van der Waals surface area contributed by atoms with Crippen LogP contribution in [-0.4, -0.2) is 72.6 Å². The number of aryl methyl sites for hydroxylation is 1. The summed E-state index contributed by atoms with van der Waals surface area (Å²) in [6.45, 7) is 8.68. The summed E-state index contributed by atoms with van der Waals surface area (Å²) in [5, 5.41) is 11.4. The van der Waals surface area contributed by atoms with Gasteiger partial charge in [0.05, 0.1) is 31.4 Å². The molecular weight excluding hydrogens is 512 g/mol. The molecule has 2 aliphatic heterocycles. The first-order valence-corrected chi connectivity index (χ1v) is 12.8. The Morgan fingerprint density at radius 3 is 2.49 bits per heavy atom. The van der Waals surface area contributed by atoms with Gasteiger partial charge < -0.3 is 19.5 Å². The highest BCUT2D eigenvalue weighted by Gasteiger charge is 2.46. The molecule has 8 heteroatoms. The van der Waals surface area contributed by atoms with Crippen LogP contribution in [0, 0.1) is 6.92 Å². The summed E-state index contributed by atoms with van der Waals surface area (Å²) in [5.41, 5.74) is 2.18. The number of rotatable bonds is 8. The summed E-state index contributed by atoms with van der Waals surface area (Å²) in [5.74, 6) is -0.706. The summed E-state index contributed by atoms with van der Waals surface area (Å²) in [7, 11) is 0. The first-order chi connectivity index (χ1) is 16.9. The molecule has 0 spiro atoms. The first-order valence-electron chi connectivity index (χ1n) is 12.0. The van der Waals surface area contributed by atoms with E-state index in [1.807, 2.05) is 44.2 Å². The number of hydrogen-bond donors (Lipinski definition) is 1. The Morgan fingerprint density at radius 1 is 1.11 bits per heavy atom. The van der Waals surface area contributed by atoms with Crippen LogP contribution < -0.4 is 4.74 Å². The minimum atomic E-state index is -0.657. The van der Waals surface area contributed by atoms with E-state index in [-0.39, 0.29) is 11.3 Å². The zero-order valence-corrected chi connectivity index (χ0v) is 21.7. The zero-order chi connectivity index (χ0) is 24.9. The summed E-state index contributed by atoms with van der Waals surface area (Å²) in [6, 6.07) is 12.2. The molecule has 0 saturated carbocycles. The summed E-state index contributed by atoms with van der Waals surface area (Å²) >= 11 is 3.45. The Labute approximate surface area is 214 Å². The Morgan fingerprint density at radius 2 is 1.83 bits per heavy atom. The van der Waals surface area contributed by atoms with E-state index in [9.17, 15) is 14.7 Å². The van der Waals surface area contributed by atoms with Crippen molar-refractivity contribution < 1.29 is 24.2 Å². The number of morpholine rings is 1. The van der Waals surface area contributed by atoms with Crippen LogP contribution in [0.25, 0.3) is 5.76 Å². The zero-order valence-electron chi connectivity index (χ0n) is 20.1. The van der Waals surface area contributed by atoms with Gasteiger partial charge in [0.1, 0.15) is 11.5 Å². The molecule has 2 aromatic rings. The monoisotopic (exact) mass is 542 g/mol. The lowest BCUT2D eigenvalue weighted by atomic mass is 9.94. The molecule has 2 aromatic carbocycles. The number of ether oxygens (including phenoxy) is 2. The second-order valence-corrected chi connectivity index (χ2v) is 9.68. The number of carbonyl (C=O) groups excluding carboxylic acids is 2. The fraction of sp³-hybridized carbons (Fsp3) is 0.407. The molecule has 0 aliphatic carbocycles. The number of benzene rings is 2. The molecule has 2 heterocycles. The van der Waals surface area contributed by atoms with Crippen molar-refractivity contribution in [3.8, 4) is 5.75 Å². The van der Waals surface area contributed by atoms with E-state index in [4.69, 9.17) is 9.47 Å². The van der Waals surface area contributed by atoms with Crippen molar-refractivity contribution in [1.29, 1.82) is 0 Å². The molecule has 2 aliphatic rings. The Bertz CT molecular complexity index is 1110. The number of nitrogens with zero attached hydrogens (tertiary/aromatic N) is 2. The minimum absolute atomic E-state index is 0.121. The molecule has 1 atom stereocenters. The third kappa shape index (κ3) is 5.60. The van der Waals surface area contributed by atoms with E-state index in [0.717, 1.165) is 41.7 Å². The summed E-state index contributed by atoms with van der Waals surface area (Å²) in [4.78, 5) is 30.3. The third-order valence-electron chi connectivity index (χ3n) is 6.47. The quantitative estimate of drug-likeness (QED) is 0.304. The van der Waals surface area contributed by atoms with Gasteiger partial charge in [0, 0.05) is 36.2 Å². The van der Waals surface area contributed by atoms with Crippen LogP contribution in [0.15, 0.2) is 52.5 Å². The topological polar surface area (TPSA) is 79.3 Å². The van der Waals surface area contributed by atoms with Gasteiger partial charge in [-0.25, -0.2) is 0 Å². The van der Waals surface area contributed by atoms with Crippen molar-refractivity contribution in [2.24, 2.45) is 0 Å². The highest BCUT2D eigenvalue weighted by Crippen LogP contribution is 2.40. The van der Waals surface area contributed by atoms with E-state index < -0.39 is 17.7 Å². The van der Waals surface area contributed by atoms with Gasteiger partial charge in [-0.05, 0) is 61.7 Å². The van der Waals surface area contributed by atoms with Crippen LogP contribution in [0.2, 0.25) is 0 Å². The highest BCUT2D eigenvalue weighted by molar-refractivity contribution is 9.10. The number of ketones is 1. The normalized spacial score (nSPS) is 20.4. The number of aliphatic hydroxyl groups is 1. The number of hydrogen-bond acceptors (Lipinski definition) is 6. The van der Waals surface area contributed by atoms with Gasteiger partial charge in [-0.3, -0.25) is 14.5 Å². The molecule has 4 rings (SSSR count). The second kappa shape index (κ2) is 11.4. The van der Waals surface area contributed by atoms with Crippen LogP contribution in [0.1, 0.15) is 36.1 Å². The van der Waals surface area contributed by atoms with E-state index >= 15 is 0 Å². The van der Waals surface area contributed by atoms with Gasteiger partial charge >= 0.3 is 0 Å². The smallest absolute Gasteiger partial charge is 0.295 e. The largest absolute Gasteiger partial charge is 0.507 e. The molecule has 7 nitrogen and oxygen atoms in total. The standard InChI is InChI=1S/C27H31BrN2O5/c1-3-35-21-9-10-22(18(2)17-21)25(31)23-24(19-5-7-20(28)8-6-19)30(27(33)26(23)32)12-4-11-29-13-15-34-16-14-29/h5-10,17,24,31H,3-4,11-16H2,1-2H3/t24-/m1/s1. The predicted octanol–water partition coefficient (Wildman–Crippen LogP) is 4.30. The van der Waals surface area contributed by atoms with Gasteiger partial charge in [-0.15, -0.1) is 0 Å². The van der Waals surface area contributed by atoms with Gasteiger partial charge in [-0.1, -0.05) is 28.1 Å². The number of aliphatic hydroxyl groups excluding tert-OH is 1. The number of likely N-dealkylation sites (tertiary alicyclic amines) is 1. The van der Waals surface area contributed by atoms with Crippen molar-refractivity contribution in [3.05, 3.63) is 69.2 Å². The van der Waals surface area contributed by atoms with Gasteiger partial charge in [-0.2, -0.15) is 0 Å². The van der Waals surface area contributed by atoms with Crippen LogP contribution in [0.5, 0.6) is 5.75 Å². The molecule has 0 aromatic heterocycles. The van der Waals surface area contributed by atoms with Crippen molar-refractivity contribution >= 4 is 33.4 Å². The van der Waals surface area contributed by atoms with E-state index in [0.29, 0.717) is 37.7 Å². The summed E-state index contributed by atoms with van der Waals surface area (Å²) in [6.07, 6.45) is 0.724. The SMILES string of the molecule is CCOc1ccc(C(O)=C2C(=O)C(=O)N(CCCN3CCOCC3)[C@@H]2c2ccc(Br)cc2)c(C)c1. The lowest BCUT2D eigenvalue weighted by Gasteiger charge is -2.29. The molecule has 2 fully saturated rings. The van der Waals surface area contributed by atoms with Gasteiger partial charge in [0.15, 0.2) is 0 Å². The Kier molecular flexibility index (Phi) is 8.26. The van der Waals surface area contributed by atoms with Gasteiger partial charge in [0.25, 0.3) is 11.7 Å². The van der Waals surface area contributed by atoms with Crippen molar-refractivity contribution in [2.75, 3.05) is 46.0 Å². The number of carbonyl (C=O) groups is 2.